The van der Waals surface area contributed by atoms with Crippen molar-refractivity contribution in [2.75, 3.05) is 0 Å². The normalized spacial score (nSPS) is 13.5. The van der Waals surface area contributed by atoms with Crippen molar-refractivity contribution in [1.82, 2.24) is 0 Å². The summed E-state index contributed by atoms with van der Waals surface area (Å²) in [5, 5.41) is 3.69. The van der Waals surface area contributed by atoms with Gasteiger partial charge in [0.05, 0.1) is 5.30 Å². The molecule has 0 aliphatic heterocycles. The van der Waals surface area contributed by atoms with Gasteiger partial charge in [0, 0.05) is 0 Å². The van der Waals surface area contributed by atoms with Crippen LogP contribution in [0, 0.1) is 0 Å². The van der Waals surface area contributed by atoms with Crippen LogP contribution in [0.15, 0.2) is 42.5 Å². The van der Waals surface area contributed by atoms with Crippen LogP contribution in [0.5, 0.6) is 0 Å². The summed E-state index contributed by atoms with van der Waals surface area (Å²) in [5.41, 5.74) is 2.02. The van der Waals surface area contributed by atoms with Crippen molar-refractivity contribution in [3.63, 3.8) is 0 Å². The lowest BCUT2D eigenvalue weighted by Crippen LogP contribution is -2.16. The van der Waals surface area contributed by atoms with Gasteiger partial charge in [-0.25, -0.2) is 0 Å². The highest BCUT2D eigenvalue weighted by Gasteiger charge is 2.25. The summed E-state index contributed by atoms with van der Waals surface area (Å²) in [6.07, 6.45) is 0. The van der Waals surface area contributed by atoms with Gasteiger partial charge in [-0.15, -0.1) is 0 Å². The van der Waals surface area contributed by atoms with E-state index in [1.807, 2.05) is 18.2 Å². The Morgan fingerprint density at radius 1 is 0.692 bits per heavy atom. The molecular weight excluding hydrogens is 343 g/mol. The monoisotopic (exact) mass is 370 g/mol. The Kier molecular flexibility index (Phi) is 4.35. The number of hydrogen-bond acceptors (Lipinski definition) is 1. The van der Waals surface area contributed by atoms with Gasteiger partial charge >= 0.3 is 7.60 Å². The molecule has 0 bridgehead atoms. The van der Waals surface area contributed by atoms with E-state index in [0.29, 0.717) is 5.39 Å². The van der Waals surface area contributed by atoms with Crippen LogP contribution in [0.1, 0.15) is 52.7 Å². The molecule has 138 valence electrons. The van der Waals surface area contributed by atoms with Gasteiger partial charge in [0.2, 0.25) is 0 Å². The fourth-order valence-electron chi connectivity index (χ4n) is 3.23. The van der Waals surface area contributed by atoms with Crippen LogP contribution in [-0.2, 0) is 15.4 Å². The molecule has 2 N–H and O–H groups in total. The minimum Gasteiger partial charge on any atom is -0.321 e. The molecule has 26 heavy (non-hydrogen) atoms. The Bertz CT molecular complexity index is 1050. The van der Waals surface area contributed by atoms with Gasteiger partial charge in [0.1, 0.15) is 0 Å². The van der Waals surface area contributed by atoms with Gasteiger partial charge in [0.25, 0.3) is 0 Å². The molecule has 3 aromatic rings. The fourth-order valence-corrected chi connectivity index (χ4v) is 4.05. The fraction of sp³-hybridized carbons (Fsp3) is 0.364. The standard InChI is InChI=1S/C22H27O3P/c1-21(2,3)17-8-7-14-12-19-16(9-15(14)10-17)11-18(22(4,5)6)13-20(19)26(23,24)25/h7-13H,1-6H3,(H2,23,24,25). The first-order chi connectivity index (χ1) is 11.8. The quantitative estimate of drug-likeness (QED) is 0.446. The van der Waals surface area contributed by atoms with Crippen LogP contribution >= 0.6 is 7.60 Å². The first kappa shape index (κ1) is 19.1. The zero-order valence-electron chi connectivity index (χ0n) is 16.3. The molecule has 3 nitrogen and oxygen atoms in total. The summed E-state index contributed by atoms with van der Waals surface area (Å²) in [6.45, 7) is 12.7. The molecule has 0 unspecified atom stereocenters. The van der Waals surface area contributed by atoms with Gasteiger partial charge in [0.15, 0.2) is 0 Å². The Balaban J connectivity index is 2.40. The van der Waals surface area contributed by atoms with Gasteiger partial charge in [-0.3, -0.25) is 4.57 Å². The van der Waals surface area contributed by atoms with E-state index in [0.717, 1.165) is 21.7 Å². The Morgan fingerprint density at radius 2 is 1.27 bits per heavy atom. The van der Waals surface area contributed by atoms with E-state index in [4.69, 9.17) is 0 Å². The van der Waals surface area contributed by atoms with Crippen molar-refractivity contribution in [2.24, 2.45) is 0 Å². The molecule has 0 aliphatic carbocycles. The second-order valence-corrected chi connectivity index (χ2v) is 10.7. The average Bonchev–Trinajstić information content (AvgIpc) is 2.48. The van der Waals surface area contributed by atoms with E-state index in [1.165, 1.54) is 5.56 Å². The molecule has 3 aromatic carbocycles. The number of fused-ring (bicyclic) bond motifs is 2. The summed E-state index contributed by atoms with van der Waals surface area (Å²) < 4.78 is 12.1. The second kappa shape index (κ2) is 5.92. The van der Waals surface area contributed by atoms with Crippen LogP contribution in [-0.4, -0.2) is 9.79 Å². The Hall–Kier alpha value is -1.67. The summed E-state index contributed by atoms with van der Waals surface area (Å²) in [6, 6.07) is 14.0. The first-order valence-electron chi connectivity index (χ1n) is 8.85. The molecule has 4 heteroatoms. The van der Waals surface area contributed by atoms with Gasteiger partial charge < -0.3 is 9.79 Å². The van der Waals surface area contributed by atoms with Gasteiger partial charge in [-0.2, -0.15) is 0 Å². The van der Waals surface area contributed by atoms with Gasteiger partial charge in [-0.1, -0.05) is 65.8 Å². The number of benzene rings is 3. The Labute approximate surface area is 155 Å². The number of hydrogen-bond donors (Lipinski definition) is 2. The van der Waals surface area contributed by atoms with E-state index < -0.39 is 7.60 Å². The Morgan fingerprint density at radius 3 is 1.81 bits per heavy atom. The molecule has 3 rings (SSSR count). The largest absolute Gasteiger partial charge is 0.356 e. The van der Waals surface area contributed by atoms with E-state index in [1.54, 1.807) is 6.07 Å². The smallest absolute Gasteiger partial charge is 0.321 e. The highest BCUT2D eigenvalue weighted by atomic mass is 31.2. The van der Waals surface area contributed by atoms with Crippen LogP contribution in [0.4, 0.5) is 0 Å². The van der Waals surface area contributed by atoms with Crippen molar-refractivity contribution in [3.8, 4) is 0 Å². The van der Waals surface area contributed by atoms with Crippen LogP contribution in [0.3, 0.4) is 0 Å². The van der Waals surface area contributed by atoms with E-state index in [-0.39, 0.29) is 16.1 Å². The zero-order valence-corrected chi connectivity index (χ0v) is 17.2. The third-order valence-corrected chi connectivity index (χ3v) is 5.93. The molecule has 0 fully saturated rings. The molecule has 0 saturated carbocycles. The van der Waals surface area contributed by atoms with Crippen LogP contribution < -0.4 is 5.30 Å². The summed E-state index contributed by atoms with van der Waals surface area (Å²) in [5.74, 6) is 0. The summed E-state index contributed by atoms with van der Waals surface area (Å²) >= 11 is 0. The van der Waals surface area contributed by atoms with Crippen molar-refractivity contribution < 1.29 is 14.4 Å². The van der Waals surface area contributed by atoms with E-state index in [2.05, 4.69) is 59.7 Å². The third-order valence-electron chi connectivity index (χ3n) is 4.93. The summed E-state index contributed by atoms with van der Waals surface area (Å²) in [7, 11) is -4.37. The van der Waals surface area contributed by atoms with E-state index in [9.17, 15) is 14.4 Å². The first-order valence-corrected chi connectivity index (χ1v) is 10.5. The lowest BCUT2D eigenvalue weighted by atomic mass is 9.84. The molecule has 0 heterocycles. The lowest BCUT2D eigenvalue weighted by molar-refractivity contribution is 0.387. The molecular formula is C22H27O3P. The van der Waals surface area contributed by atoms with Crippen molar-refractivity contribution >= 4 is 34.4 Å². The van der Waals surface area contributed by atoms with Crippen molar-refractivity contribution in [3.05, 3.63) is 53.6 Å². The predicted octanol–water partition coefficient (Wildman–Crippen LogP) is 5.39. The van der Waals surface area contributed by atoms with Crippen molar-refractivity contribution in [2.45, 2.75) is 52.4 Å². The highest BCUT2D eigenvalue weighted by molar-refractivity contribution is 7.60. The van der Waals surface area contributed by atoms with Gasteiger partial charge in [-0.05, 0) is 61.7 Å². The zero-order chi connectivity index (χ0) is 19.5. The minimum atomic E-state index is -4.37. The minimum absolute atomic E-state index is 0.0491. The maximum Gasteiger partial charge on any atom is 0.356 e. The molecule has 0 radical (unpaired) electrons. The second-order valence-electron chi connectivity index (χ2n) is 9.17. The average molecular weight is 370 g/mol. The van der Waals surface area contributed by atoms with Crippen LogP contribution in [0.2, 0.25) is 0 Å². The molecule has 0 aliphatic rings. The molecule has 0 saturated heterocycles. The summed E-state index contributed by atoms with van der Waals surface area (Å²) in [4.78, 5) is 19.8. The SMILES string of the molecule is CC(C)(C)c1ccc2cc3c(P(=O)(O)O)cc(C(C)(C)C)cc3cc2c1. The maximum absolute atomic E-state index is 12.1. The highest BCUT2D eigenvalue weighted by Crippen LogP contribution is 2.40. The molecule has 0 aromatic heterocycles. The number of rotatable bonds is 1. The predicted molar refractivity (Wildman–Crippen MR) is 111 cm³/mol. The topological polar surface area (TPSA) is 57.5 Å². The maximum atomic E-state index is 12.1. The molecule has 0 atom stereocenters. The lowest BCUT2D eigenvalue weighted by Gasteiger charge is -2.22. The van der Waals surface area contributed by atoms with E-state index >= 15 is 0 Å². The third kappa shape index (κ3) is 3.57. The molecule has 0 amide bonds. The van der Waals surface area contributed by atoms with Crippen LogP contribution in [0.25, 0.3) is 21.5 Å². The molecule has 0 spiro atoms. The van der Waals surface area contributed by atoms with Crippen molar-refractivity contribution in [1.29, 1.82) is 0 Å².